The van der Waals surface area contributed by atoms with Crippen molar-refractivity contribution < 1.29 is 24.2 Å². The Morgan fingerprint density at radius 1 is 1.12 bits per heavy atom. The molecule has 4 rings (SSSR count). The van der Waals surface area contributed by atoms with Gasteiger partial charge in [0.15, 0.2) is 0 Å². The third-order valence-corrected chi connectivity index (χ3v) is 8.50. The highest BCUT2D eigenvalue weighted by Crippen LogP contribution is 2.30. The molecule has 3 N–H and O–H groups in total. The van der Waals surface area contributed by atoms with Crippen molar-refractivity contribution in [1.29, 1.82) is 0 Å². The fourth-order valence-electron chi connectivity index (χ4n) is 4.76. The molecule has 1 saturated carbocycles. The van der Waals surface area contributed by atoms with Gasteiger partial charge in [0.1, 0.15) is 21.0 Å². The van der Waals surface area contributed by atoms with Crippen molar-refractivity contribution in [2.24, 2.45) is 5.73 Å². The number of para-hydroxylation sites is 1. The molecule has 1 fully saturated rings. The van der Waals surface area contributed by atoms with E-state index in [2.05, 4.69) is 0 Å². The Hall–Kier alpha value is -3.44. The number of ether oxygens (including phenoxy) is 2. The largest absolute Gasteiger partial charge is 0.496 e. The van der Waals surface area contributed by atoms with Crippen molar-refractivity contribution in [2.45, 2.75) is 98.3 Å². The highest BCUT2D eigenvalue weighted by atomic mass is 32.1. The third kappa shape index (κ3) is 7.69. The highest BCUT2D eigenvalue weighted by Gasteiger charge is 2.34. The Kier molecular flexibility index (Phi) is 13.0. The van der Waals surface area contributed by atoms with Crippen LogP contribution >= 0.6 is 11.3 Å². The molecule has 1 aliphatic carbocycles. The third-order valence-electron chi connectivity index (χ3n) is 7.21. The number of nitrogens with zero attached hydrogens (tertiary/aromatic N) is 2. The van der Waals surface area contributed by atoms with Gasteiger partial charge in [-0.3, -0.25) is 14.2 Å². The average Bonchev–Trinajstić information content (AvgIpc) is 3.32. The van der Waals surface area contributed by atoms with Crippen molar-refractivity contribution >= 4 is 33.4 Å². The molecule has 3 aromatic rings. The van der Waals surface area contributed by atoms with Gasteiger partial charge in [0, 0.05) is 6.54 Å². The lowest BCUT2D eigenvalue weighted by Crippen LogP contribution is -2.54. The van der Waals surface area contributed by atoms with E-state index in [-0.39, 0.29) is 29.5 Å². The minimum absolute atomic E-state index is 0.0359. The first-order chi connectivity index (χ1) is 19.9. The van der Waals surface area contributed by atoms with E-state index < -0.39 is 28.7 Å². The summed E-state index contributed by atoms with van der Waals surface area (Å²) >= 11 is 1.03. The molecule has 42 heavy (non-hydrogen) atoms. The van der Waals surface area contributed by atoms with Crippen LogP contribution in [0.5, 0.6) is 5.75 Å². The average molecular weight is 604 g/mol. The number of aromatic nitrogens is 2. The Labute approximate surface area is 251 Å². The summed E-state index contributed by atoms with van der Waals surface area (Å²) in [5, 5.41) is 9.10. The van der Waals surface area contributed by atoms with Crippen molar-refractivity contribution in [3.05, 3.63) is 61.1 Å². The van der Waals surface area contributed by atoms with Gasteiger partial charge in [0.2, 0.25) is 5.91 Å². The van der Waals surface area contributed by atoms with Crippen molar-refractivity contribution in [1.82, 2.24) is 9.13 Å². The molecule has 1 aliphatic rings. The number of methoxy groups -OCH3 is 1. The van der Waals surface area contributed by atoms with Gasteiger partial charge < -0.3 is 20.3 Å². The topological polar surface area (TPSA) is 143 Å². The standard InChI is InChI=1S/C23H27N3O6S.C6H12O.C2H6/c1-6-32-20(28)17-13(2)16-18(27)26(23(3,4)21(24)29)22(30)25(19(16)33-17)12-11-14-9-7-8-10-15(14)31-5;7-6-4-2-1-3-5-6;1-2/h7-10H,6,11-12H2,1-5H3,(H2,24,29);6-7H,1-5H2;1-2H3. The predicted octanol–water partition coefficient (Wildman–Crippen LogP) is 4.52. The SMILES string of the molecule is CC.CCOC(=O)c1sc2c(c1C)c(=O)n(C(C)(C)C(N)=O)c(=O)n2CCc1ccccc1OC.OC1CCCCC1. The number of benzene rings is 1. The van der Waals surface area contributed by atoms with Crippen LogP contribution in [0.2, 0.25) is 0 Å². The molecule has 0 spiro atoms. The summed E-state index contributed by atoms with van der Waals surface area (Å²) in [5.41, 5.74) is 3.88. The lowest BCUT2D eigenvalue weighted by molar-refractivity contribution is -0.125. The van der Waals surface area contributed by atoms with Crippen LogP contribution < -0.4 is 21.7 Å². The molecule has 1 amide bonds. The Bertz CT molecular complexity index is 1480. The van der Waals surface area contributed by atoms with Gasteiger partial charge in [-0.25, -0.2) is 14.2 Å². The number of esters is 1. The minimum Gasteiger partial charge on any atom is -0.496 e. The van der Waals surface area contributed by atoms with E-state index in [1.165, 1.54) is 37.7 Å². The zero-order chi connectivity index (χ0) is 31.6. The van der Waals surface area contributed by atoms with Gasteiger partial charge in [-0.2, -0.15) is 0 Å². The molecule has 0 unspecified atom stereocenters. The van der Waals surface area contributed by atoms with Crippen LogP contribution in [0.3, 0.4) is 0 Å². The molecule has 2 heterocycles. The number of aliphatic hydroxyl groups excluding tert-OH is 1. The van der Waals surface area contributed by atoms with Crippen LogP contribution in [0.4, 0.5) is 0 Å². The van der Waals surface area contributed by atoms with Gasteiger partial charge in [-0.05, 0) is 64.2 Å². The normalized spacial score (nSPS) is 13.4. The first-order valence-electron chi connectivity index (χ1n) is 14.5. The molecule has 10 nitrogen and oxygen atoms in total. The number of hydrogen-bond acceptors (Lipinski definition) is 8. The predicted molar refractivity (Wildman–Crippen MR) is 167 cm³/mol. The Morgan fingerprint density at radius 3 is 2.26 bits per heavy atom. The maximum atomic E-state index is 13.5. The van der Waals surface area contributed by atoms with Crippen LogP contribution in [0.15, 0.2) is 33.9 Å². The summed E-state index contributed by atoms with van der Waals surface area (Å²) in [6.45, 7) is 10.5. The van der Waals surface area contributed by atoms with Crippen LogP contribution in [0.1, 0.15) is 87.5 Å². The van der Waals surface area contributed by atoms with E-state index in [1.807, 2.05) is 38.1 Å². The van der Waals surface area contributed by atoms with Gasteiger partial charge in [0.25, 0.3) is 5.56 Å². The number of aliphatic hydroxyl groups is 1. The van der Waals surface area contributed by atoms with Crippen molar-refractivity contribution in [2.75, 3.05) is 13.7 Å². The summed E-state index contributed by atoms with van der Waals surface area (Å²) in [4.78, 5) is 52.2. The molecule has 11 heteroatoms. The van der Waals surface area contributed by atoms with Gasteiger partial charge in [0.05, 0.1) is 25.2 Å². The fraction of sp³-hybridized carbons (Fsp3) is 0.548. The number of rotatable bonds is 8. The summed E-state index contributed by atoms with van der Waals surface area (Å²) in [6.07, 6.45) is 6.34. The monoisotopic (exact) mass is 603 g/mol. The molecule has 0 bridgehead atoms. The number of aryl methyl sites for hydroxylation is 3. The summed E-state index contributed by atoms with van der Waals surface area (Å²) in [7, 11) is 1.56. The van der Waals surface area contributed by atoms with E-state index in [0.717, 1.165) is 34.3 Å². The molecule has 2 aromatic heterocycles. The summed E-state index contributed by atoms with van der Waals surface area (Å²) < 4.78 is 12.8. The van der Waals surface area contributed by atoms with E-state index in [4.69, 9.17) is 20.3 Å². The summed E-state index contributed by atoms with van der Waals surface area (Å²) in [6, 6.07) is 7.41. The quantitative estimate of drug-likeness (QED) is 0.361. The number of carbonyl (C=O) groups is 2. The lowest BCUT2D eigenvalue weighted by atomic mass is 9.98. The molecule has 0 radical (unpaired) electrons. The van der Waals surface area contributed by atoms with E-state index in [0.29, 0.717) is 22.6 Å². The number of fused-ring (bicyclic) bond motifs is 1. The molecular weight excluding hydrogens is 558 g/mol. The van der Waals surface area contributed by atoms with Crippen molar-refractivity contribution in [3.8, 4) is 5.75 Å². The number of thiophene rings is 1. The lowest BCUT2D eigenvalue weighted by Gasteiger charge is -2.24. The smallest absolute Gasteiger partial charge is 0.348 e. The number of carbonyl (C=O) groups excluding carboxylic acids is 2. The maximum Gasteiger partial charge on any atom is 0.348 e. The van der Waals surface area contributed by atoms with E-state index in [1.54, 1.807) is 21.0 Å². The van der Waals surface area contributed by atoms with Gasteiger partial charge in [-0.15, -0.1) is 11.3 Å². The van der Waals surface area contributed by atoms with Gasteiger partial charge in [-0.1, -0.05) is 51.3 Å². The van der Waals surface area contributed by atoms with Crippen molar-refractivity contribution in [3.63, 3.8) is 0 Å². The van der Waals surface area contributed by atoms with E-state index in [9.17, 15) is 19.2 Å². The maximum absolute atomic E-state index is 13.5. The second kappa shape index (κ2) is 15.7. The number of primary amides is 1. The zero-order valence-corrected chi connectivity index (χ0v) is 26.6. The van der Waals surface area contributed by atoms with Crippen LogP contribution in [-0.4, -0.2) is 45.9 Å². The summed E-state index contributed by atoms with van der Waals surface area (Å²) in [5.74, 6) is -0.724. The van der Waals surface area contributed by atoms with Crippen LogP contribution in [0.25, 0.3) is 10.2 Å². The molecule has 0 saturated heterocycles. The minimum atomic E-state index is -1.58. The van der Waals surface area contributed by atoms with Gasteiger partial charge >= 0.3 is 11.7 Å². The first kappa shape index (κ1) is 34.8. The molecular formula is C31H45N3O7S. The van der Waals surface area contributed by atoms with Crippen LogP contribution in [-0.2, 0) is 28.0 Å². The Balaban J connectivity index is 0.000000590. The second-order valence-corrected chi connectivity index (χ2v) is 11.3. The first-order valence-corrected chi connectivity index (χ1v) is 15.3. The fourth-order valence-corrected chi connectivity index (χ4v) is 5.97. The van der Waals surface area contributed by atoms with E-state index >= 15 is 0 Å². The number of amides is 1. The highest BCUT2D eigenvalue weighted by molar-refractivity contribution is 7.20. The molecule has 0 aliphatic heterocycles. The number of hydrogen-bond donors (Lipinski definition) is 2. The molecule has 232 valence electrons. The second-order valence-electron chi connectivity index (χ2n) is 10.3. The molecule has 1 aromatic carbocycles. The van der Waals surface area contributed by atoms with Crippen LogP contribution in [0, 0.1) is 6.92 Å². The zero-order valence-electron chi connectivity index (χ0n) is 25.8. The molecule has 0 atom stereocenters. The Morgan fingerprint density at radius 2 is 1.74 bits per heavy atom. The number of nitrogens with two attached hydrogens (primary N) is 1.